The van der Waals surface area contributed by atoms with Crippen molar-refractivity contribution in [3.8, 4) is 0 Å². The molecule has 0 atom stereocenters. The standard InChI is InChI=1S/C17H25NO2/c1-13-7-9-16(11-15(13)12-19)18-17(20)10-8-14-5-3-2-4-6-14/h7,9,11,14,19H,2-6,8,10,12H2,1H3,(H,18,20). The van der Waals surface area contributed by atoms with E-state index in [1.807, 2.05) is 25.1 Å². The highest BCUT2D eigenvalue weighted by Gasteiger charge is 2.14. The summed E-state index contributed by atoms with van der Waals surface area (Å²) in [4.78, 5) is 12.0. The number of aryl methyl sites for hydroxylation is 1. The van der Waals surface area contributed by atoms with Crippen LogP contribution in [-0.2, 0) is 11.4 Å². The van der Waals surface area contributed by atoms with Crippen molar-refractivity contribution in [2.24, 2.45) is 5.92 Å². The molecule has 1 aliphatic rings. The van der Waals surface area contributed by atoms with Gasteiger partial charge in [-0.15, -0.1) is 0 Å². The van der Waals surface area contributed by atoms with Gasteiger partial charge < -0.3 is 10.4 Å². The molecule has 3 nitrogen and oxygen atoms in total. The van der Waals surface area contributed by atoms with Crippen LogP contribution in [0.1, 0.15) is 56.1 Å². The Hall–Kier alpha value is -1.35. The molecule has 1 aromatic rings. The third-order valence-corrected chi connectivity index (χ3v) is 4.31. The first-order chi connectivity index (χ1) is 9.69. The number of aliphatic hydroxyl groups is 1. The summed E-state index contributed by atoms with van der Waals surface area (Å²) in [6.07, 6.45) is 8.18. The zero-order valence-corrected chi connectivity index (χ0v) is 12.3. The number of hydrogen-bond donors (Lipinski definition) is 2. The van der Waals surface area contributed by atoms with Gasteiger partial charge >= 0.3 is 0 Å². The summed E-state index contributed by atoms with van der Waals surface area (Å²) in [7, 11) is 0. The lowest BCUT2D eigenvalue weighted by molar-refractivity contribution is -0.116. The van der Waals surface area contributed by atoms with Crippen LogP contribution in [0.25, 0.3) is 0 Å². The first kappa shape index (κ1) is 15.0. The second-order valence-electron chi connectivity index (χ2n) is 5.89. The van der Waals surface area contributed by atoms with E-state index in [2.05, 4.69) is 5.32 Å². The molecule has 0 unspecified atom stereocenters. The minimum absolute atomic E-state index is 0.0115. The maximum atomic E-state index is 12.0. The fourth-order valence-electron chi connectivity index (χ4n) is 2.95. The van der Waals surface area contributed by atoms with E-state index in [1.165, 1.54) is 32.1 Å². The number of nitrogens with one attached hydrogen (secondary N) is 1. The van der Waals surface area contributed by atoms with E-state index in [-0.39, 0.29) is 12.5 Å². The van der Waals surface area contributed by atoms with Gasteiger partial charge in [0.05, 0.1) is 6.61 Å². The number of carbonyl (C=O) groups excluding carboxylic acids is 1. The molecule has 2 N–H and O–H groups in total. The molecular weight excluding hydrogens is 250 g/mol. The minimum atomic E-state index is 0.0115. The average molecular weight is 275 g/mol. The zero-order valence-electron chi connectivity index (χ0n) is 12.3. The van der Waals surface area contributed by atoms with Gasteiger partial charge in [-0.25, -0.2) is 0 Å². The molecule has 110 valence electrons. The van der Waals surface area contributed by atoms with Crippen LogP contribution in [0.15, 0.2) is 18.2 Å². The van der Waals surface area contributed by atoms with E-state index in [0.29, 0.717) is 6.42 Å². The molecule has 3 heteroatoms. The lowest BCUT2D eigenvalue weighted by Gasteiger charge is -2.21. The predicted octanol–water partition coefficient (Wildman–Crippen LogP) is 3.79. The number of rotatable bonds is 5. The van der Waals surface area contributed by atoms with Crippen molar-refractivity contribution in [2.45, 2.75) is 58.5 Å². The number of carbonyl (C=O) groups is 1. The molecule has 20 heavy (non-hydrogen) atoms. The van der Waals surface area contributed by atoms with Crippen LogP contribution >= 0.6 is 0 Å². The molecule has 0 aliphatic heterocycles. The van der Waals surface area contributed by atoms with Crippen molar-refractivity contribution >= 4 is 11.6 Å². The zero-order chi connectivity index (χ0) is 14.4. The smallest absolute Gasteiger partial charge is 0.224 e. The summed E-state index contributed by atoms with van der Waals surface area (Å²) < 4.78 is 0. The molecule has 1 saturated carbocycles. The number of anilines is 1. The summed E-state index contributed by atoms with van der Waals surface area (Å²) in [5, 5.41) is 12.2. The van der Waals surface area contributed by atoms with Gasteiger partial charge in [-0.05, 0) is 42.5 Å². The van der Waals surface area contributed by atoms with Crippen LogP contribution < -0.4 is 5.32 Å². The maximum absolute atomic E-state index is 12.0. The SMILES string of the molecule is Cc1ccc(NC(=O)CCC2CCCCC2)cc1CO. The van der Waals surface area contributed by atoms with Gasteiger partial charge in [-0.3, -0.25) is 4.79 Å². The Bertz CT molecular complexity index is 450. The fourth-order valence-corrected chi connectivity index (χ4v) is 2.95. The van der Waals surface area contributed by atoms with Crippen LogP contribution in [0.5, 0.6) is 0 Å². The molecule has 0 radical (unpaired) electrons. The Balaban J connectivity index is 1.81. The molecule has 0 aromatic heterocycles. The molecule has 1 aliphatic carbocycles. The number of aliphatic hydroxyl groups excluding tert-OH is 1. The van der Waals surface area contributed by atoms with E-state index in [0.717, 1.165) is 29.2 Å². The Morgan fingerprint density at radius 1 is 1.30 bits per heavy atom. The van der Waals surface area contributed by atoms with Gasteiger partial charge in [0.2, 0.25) is 5.91 Å². The molecule has 1 aromatic carbocycles. The summed E-state index contributed by atoms with van der Waals surface area (Å²) >= 11 is 0. The molecular formula is C17H25NO2. The van der Waals surface area contributed by atoms with E-state index < -0.39 is 0 Å². The Morgan fingerprint density at radius 3 is 2.75 bits per heavy atom. The van der Waals surface area contributed by atoms with Gasteiger partial charge in [0.1, 0.15) is 0 Å². The summed E-state index contributed by atoms with van der Waals surface area (Å²) in [5.41, 5.74) is 2.70. The summed E-state index contributed by atoms with van der Waals surface area (Å²) in [6, 6.07) is 5.68. The normalized spacial score (nSPS) is 16.1. The van der Waals surface area contributed by atoms with Crippen molar-refractivity contribution in [3.05, 3.63) is 29.3 Å². The molecule has 0 saturated heterocycles. The molecule has 1 fully saturated rings. The topological polar surface area (TPSA) is 49.3 Å². The van der Waals surface area contributed by atoms with Crippen LogP contribution in [0.4, 0.5) is 5.69 Å². The van der Waals surface area contributed by atoms with Gasteiger partial charge in [-0.1, -0.05) is 38.2 Å². The van der Waals surface area contributed by atoms with Gasteiger partial charge in [0.25, 0.3) is 0 Å². The van der Waals surface area contributed by atoms with E-state index in [1.54, 1.807) is 0 Å². The molecule has 0 bridgehead atoms. The van der Waals surface area contributed by atoms with Gasteiger partial charge in [0.15, 0.2) is 0 Å². The average Bonchev–Trinajstić information content (AvgIpc) is 2.48. The highest BCUT2D eigenvalue weighted by Crippen LogP contribution is 2.27. The molecule has 1 amide bonds. The van der Waals surface area contributed by atoms with Crippen LogP contribution in [0.2, 0.25) is 0 Å². The third-order valence-electron chi connectivity index (χ3n) is 4.31. The summed E-state index contributed by atoms with van der Waals surface area (Å²) in [5.74, 6) is 0.823. The second kappa shape index (κ2) is 7.44. The predicted molar refractivity (Wildman–Crippen MR) is 81.5 cm³/mol. The molecule has 0 heterocycles. The van der Waals surface area contributed by atoms with Gasteiger partial charge in [-0.2, -0.15) is 0 Å². The summed E-state index contributed by atoms with van der Waals surface area (Å²) in [6.45, 7) is 1.97. The van der Waals surface area contributed by atoms with Crippen molar-refractivity contribution in [2.75, 3.05) is 5.32 Å². The number of hydrogen-bond acceptors (Lipinski definition) is 2. The Morgan fingerprint density at radius 2 is 2.05 bits per heavy atom. The van der Waals surface area contributed by atoms with Crippen LogP contribution in [0.3, 0.4) is 0 Å². The van der Waals surface area contributed by atoms with Crippen molar-refractivity contribution in [3.63, 3.8) is 0 Å². The second-order valence-corrected chi connectivity index (χ2v) is 5.89. The highest BCUT2D eigenvalue weighted by molar-refractivity contribution is 5.90. The largest absolute Gasteiger partial charge is 0.392 e. The molecule has 0 spiro atoms. The Kier molecular flexibility index (Phi) is 5.60. The lowest BCUT2D eigenvalue weighted by Crippen LogP contribution is -2.15. The first-order valence-corrected chi connectivity index (χ1v) is 7.69. The van der Waals surface area contributed by atoms with Crippen LogP contribution in [0, 0.1) is 12.8 Å². The number of amides is 1. The minimum Gasteiger partial charge on any atom is -0.392 e. The lowest BCUT2D eigenvalue weighted by atomic mass is 9.86. The van der Waals surface area contributed by atoms with Crippen molar-refractivity contribution < 1.29 is 9.90 Å². The van der Waals surface area contributed by atoms with Gasteiger partial charge in [0, 0.05) is 12.1 Å². The quantitative estimate of drug-likeness (QED) is 0.859. The fraction of sp³-hybridized carbons (Fsp3) is 0.588. The van der Waals surface area contributed by atoms with Crippen molar-refractivity contribution in [1.82, 2.24) is 0 Å². The van der Waals surface area contributed by atoms with E-state index >= 15 is 0 Å². The maximum Gasteiger partial charge on any atom is 0.224 e. The number of benzene rings is 1. The molecule has 2 rings (SSSR count). The monoisotopic (exact) mass is 275 g/mol. The van der Waals surface area contributed by atoms with Crippen LogP contribution in [-0.4, -0.2) is 11.0 Å². The Labute approximate surface area is 121 Å². The first-order valence-electron chi connectivity index (χ1n) is 7.69. The van der Waals surface area contributed by atoms with E-state index in [9.17, 15) is 9.90 Å². The third kappa shape index (κ3) is 4.34. The van der Waals surface area contributed by atoms with Crippen molar-refractivity contribution in [1.29, 1.82) is 0 Å². The highest BCUT2D eigenvalue weighted by atomic mass is 16.3. The van der Waals surface area contributed by atoms with E-state index in [4.69, 9.17) is 0 Å².